The molecule has 0 unspecified atom stereocenters. The zero-order valence-electron chi connectivity index (χ0n) is 19.5. The van der Waals surface area contributed by atoms with E-state index < -0.39 is 0 Å². The van der Waals surface area contributed by atoms with Gasteiger partial charge in [0, 0.05) is 48.2 Å². The van der Waals surface area contributed by atoms with Crippen molar-refractivity contribution in [3.8, 4) is 11.5 Å². The van der Waals surface area contributed by atoms with Crippen molar-refractivity contribution in [3.63, 3.8) is 0 Å². The Balaban J connectivity index is 1.11. The average Bonchev–Trinajstić information content (AvgIpc) is 3.68. The molecule has 2 amide bonds. The van der Waals surface area contributed by atoms with E-state index in [2.05, 4.69) is 10.3 Å². The lowest BCUT2D eigenvalue weighted by atomic mass is 9.97. The molecule has 0 radical (unpaired) electrons. The van der Waals surface area contributed by atoms with Crippen molar-refractivity contribution in [2.24, 2.45) is 0 Å². The second-order valence-electron chi connectivity index (χ2n) is 8.69. The summed E-state index contributed by atoms with van der Waals surface area (Å²) in [5, 5.41) is 10.4. The highest BCUT2D eigenvalue weighted by Gasteiger charge is 2.28. The number of ether oxygens (including phenoxy) is 2. The minimum atomic E-state index is -0.149. The van der Waals surface area contributed by atoms with Crippen LogP contribution in [0.25, 0.3) is 11.0 Å². The molecule has 2 aromatic carbocycles. The average molecular weight is 506 g/mol. The van der Waals surface area contributed by atoms with Crippen LogP contribution >= 0.6 is 11.3 Å². The number of rotatable bonds is 5. The molecule has 0 spiro atoms. The number of anilines is 1. The third kappa shape index (κ3) is 4.05. The van der Waals surface area contributed by atoms with Crippen LogP contribution in [0.1, 0.15) is 51.5 Å². The summed E-state index contributed by atoms with van der Waals surface area (Å²) in [6, 6.07) is 10.7. The Morgan fingerprint density at radius 3 is 2.69 bits per heavy atom. The van der Waals surface area contributed by atoms with E-state index in [1.54, 1.807) is 23.1 Å². The Labute approximate surface area is 210 Å². The largest absolute Gasteiger partial charge is 0.454 e. The first-order chi connectivity index (χ1) is 17.6. The van der Waals surface area contributed by atoms with Crippen molar-refractivity contribution in [3.05, 3.63) is 58.0 Å². The standard InChI is InChI=1S/C25H23N5O5S/c1-2-30(17-4-6-21-22(12-17)34-14-33-21)25(32)20-13-36-23(26-20)15-7-9-29(10-8-15)24(31)16-3-5-18-19(11-16)28-35-27-18/h3-6,11-13,15H,2,7-10,14H2,1H3. The molecule has 10 nitrogen and oxygen atoms in total. The van der Waals surface area contributed by atoms with Gasteiger partial charge < -0.3 is 19.3 Å². The summed E-state index contributed by atoms with van der Waals surface area (Å²) in [5.41, 5.74) is 2.94. The SMILES string of the molecule is CCN(C(=O)c1csc(C2CCN(C(=O)c3ccc4nonc4c3)CC2)n1)c1ccc2c(c1)OCO2. The zero-order valence-corrected chi connectivity index (χ0v) is 20.4. The number of carbonyl (C=O) groups is 2. The van der Waals surface area contributed by atoms with Gasteiger partial charge in [0.25, 0.3) is 11.8 Å². The van der Waals surface area contributed by atoms with Gasteiger partial charge in [0.15, 0.2) is 11.5 Å². The Morgan fingerprint density at radius 1 is 1.06 bits per heavy atom. The molecule has 2 aliphatic rings. The van der Waals surface area contributed by atoms with E-state index in [0.29, 0.717) is 53.4 Å². The van der Waals surface area contributed by atoms with Crippen LogP contribution in [0.2, 0.25) is 0 Å². The normalized spacial score (nSPS) is 15.4. The summed E-state index contributed by atoms with van der Waals surface area (Å²) in [4.78, 5) is 34.5. The maximum absolute atomic E-state index is 13.3. The Bertz CT molecular complexity index is 1440. The van der Waals surface area contributed by atoms with E-state index in [0.717, 1.165) is 23.5 Å². The third-order valence-corrected chi connectivity index (χ3v) is 7.61. The van der Waals surface area contributed by atoms with Gasteiger partial charge in [-0.1, -0.05) is 0 Å². The van der Waals surface area contributed by atoms with Crippen molar-refractivity contribution < 1.29 is 23.7 Å². The van der Waals surface area contributed by atoms with Crippen molar-refractivity contribution in [2.75, 3.05) is 31.3 Å². The molecule has 4 heterocycles. The number of nitrogens with zero attached hydrogens (tertiary/aromatic N) is 5. The summed E-state index contributed by atoms with van der Waals surface area (Å²) in [5.74, 6) is 1.35. The number of carbonyl (C=O) groups excluding carboxylic acids is 2. The summed E-state index contributed by atoms with van der Waals surface area (Å²) >= 11 is 1.50. The first kappa shape index (κ1) is 22.5. The van der Waals surface area contributed by atoms with Gasteiger partial charge in [-0.2, -0.15) is 0 Å². The molecule has 0 saturated carbocycles. The van der Waals surface area contributed by atoms with Crippen LogP contribution in [0.5, 0.6) is 11.5 Å². The molecule has 0 aliphatic carbocycles. The monoisotopic (exact) mass is 505 g/mol. The van der Waals surface area contributed by atoms with Crippen LogP contribution in [0.4, 0.5) is 5.69 Å². The Kier molecular flexibility index (Phi) is 5.76. The van der Waals surface area contributed by atoms with Crippen LogP contribution in [0.3, 0.4) is 0 Å². The van der Waals surface area contributed by atoms with Gasteiger partial charge in [0.1, 0.15) is 16.7 Å². The number of likely N-dealkylation sites (tertiary alicyclic amines) is 1. The predicted octanol–water partition coefficient (Wildman–Crippen LogP) is 4.09. The van der Waals surface area contributed by atoms with E-state index in [1.165, 1.54) is 11.3 Å². The molecular weight excluding hydrogens is 482 g/mol. The molecule has 6 rings (SSSR count). The van der Waals surface area contributed by atoms with Gasteiger partial charge in [-0.15, -0.1) is 11.3 Å². The van der Waals surface area contributed by atoms with Crippen molar-refractivity contribution in [1.82, 2.24) is 20.2 Å². The minimum Gasteiger partial charge on any atom is -0.454 e. The van der Waals surface area contributed by atoms with Crippen molar-refractivity contribution >= 4 is 39.9 Å². The first-order valence-electron chi connectivity index (χ1n) is 11.8. The van der Waals surface area contributed by atoms with Crippen LogP contribution in [0.15, 0.2) is 46.4 Å². The molecular formula is C25H23N5O5S. The van der Waals surface area contributed by atoms with Crippen LogP contribution in [0, 0.1) is 0 Å². The minimum absolute atomic E-state index is 0.0318. The molecule has 36 heavy (non-hydrogen) atoms. The highest BCUT2D eigenvalue weighted by atomic mass is 32.1. The van der Waals surface area contributed by atoms with Crippen LogP contribution in [-0.4, -0.2) is 58.4 Å². The fourth-order valence-electron chi connectivity index (χ4n) is 4.64. The van der Waals surface area contributed by atoms with Gasteiger partial charge in [0.2, 0.25) is 6.79 Å². The molecule has 184 valence electrons. The van der Waals surface area contributed by atoms with E-state index >= 15 is 0 Å². The zero-order chi connectivity index (χ0) is 24.6. The summed E-state index contributed by atoms with van der Waals surface area (Å²) in [6.45, 7) is 3.87. The number of benzene rings is 2. The Morgan fingerprint density at radius 2 is 1.86 bits per heavy atom. The lowest BCUT2D eigenvalue weighted by Gasteiger charge is -2.31. The van der Waals surface area contributed by atoms with Crippen LogP contribution < -0.4 is 14.4 Å². The maximum atomic E-state index is 13.3. The summed E-state index contributed by atoms with van der Waals surface area (Å²) < 4.78 is 15.6. The Hall–Kier alpha value is -3.99. The number of amides is 2. The highest BCUT2D eigenvalue weighted by Crippen LogP contribution is 2.36. The molecule has 2 aromatic heterocycles. The fourth-order valence-corrected chi connectivity index (χ4v) is 5.60. The number of hydrogen-bond donors (Lipinski definition) is 0. The van der Waals surface area contributed by atoms with E-state index in [4.69, 9.17) is 19.1 Å². The molecule has 1 saturated heterocycles. The lowest BCUT2D eigenvalue weighted by Crippen LogP contribution is -2.38. The highest BCUT2D eigenvalue weighted by molar-refractivity contribution is 7.10. The first-order valence-corrected chi connectivity index (χ1v) is 12.7. The number of piperidine rings is 1. The molecule has 0 N–H and O–H groups in total. The summed E-state index contributed by atoms with van der Waals surface area (Å²) in [7, 11) is 0. The number of hydrogen-bond acceptors (Lipinski definition) is 9. The second-order valence-corrected chi connectivity index (χ2v) is 9.58. The van der Waals surface area contributed by atoms with Crippen molar-refractivity contribution in [2.45, 2.75) is 25.7 Å². The second kappa shape index (κ2) is 9.23. The lowest BCUT2D eigenvalue weighted by molar-refractivity contribution is 0.0713. The fraction of sp³-hybridized carbons (Fsp3) is 0.320. The maximum Gasteiger partial charge on any atom is 0.277 e. The molecule has 4 aromatic rings. The molecule has 0 bridgehead atoms. The van der Waals surface area contributed by atoms with E-state index in [-0.39, 0.29) is 24.5 Å². The predicted molar refractivity (Wildman–Crippen MR) is 132 cm³/mol. The van der Waals surface area contributed by atoms with E-state index in [1.807, 2.05) is 35.4 Å². The van der Waals surface area contributed by atoms with Gasteiger partial charge in [-0.25, -0.2) is 9.61 Å². The van der Waals surface area contributed by atoms with Gasteiger partial charge in [-0.05, 0) is 60.4 Å². The van der Waals surface area contributed by atoms with E-state index in [9.17, 15) is 9.59 Å². The molecule has 2 aliphatic heterocycles. The molecule has 1 fully saturated rings. The number of aromatic nitrogens is 3. The topological polar surface area (TPSA) is 111 Å². The number of thiazole rings is 1. The van der Waals surface area contributed by atoms with Gasteiger partial charge >= 0.3 is 0 Å². The molecule has 0 atom stereocenters. The van der Waals surface area contributed by atoms with Gasteiger partial charge in [-0.3, -0.25) is 9.59 Å². The van der Waals surface area contributed by atoms with Crippen LogP contribution in [-0.2, 0) is 0 Å². The van der Waals surface area contributed by atoms with Gasteiger partial charge in [0.05, 0.1) is 5.01 Å². The smallest absolute Gasteiger partial charge is 0.277 e. The van der Waals surface area contributed by atoms with Crippen molar-refractivity contribution in [1.29, 1.82) is 0 Å². The third-order valence-electron chi connectivity index (χ3n) is 6.60. The number of fused-ring (bicyclic) bond motifs is 2. The quantitative estimate of drug-likeness (QED) is 0.399. The summed E-state index contributed by atoms with van der Waals surface area (Å²) in [6.07, 6.45) is 1.58. The molecule has 11 heteroatoms.